The van der Waals surface area contributed by atoms with E-state index in [1.54, 1.807) is 6.92 Å². The molecule has 0 aliphatic rings. The second-order valence-electron chi connectivity index (χ2n) is 7.42. The normalized spacial score (nSPS) is 13.7. The molecule has 1 aromatic carbocycles. The van der Waals surface area contributed by atoms with Gasteiger partial charge >= 0.3 is 5.97 Å². The molecule has 0 fully saturated rings. The van der Waals surface area contributed by atoms with Gasteiger partial charge in [0.15, 0.2) is 17.2 Å². The number of esters is 1. The summed E-state index contributed by atoms with van der Waals surface area (Å²) in [5.41, 5.74) is -0.230. The van der Waals surface area contributed by atoms with Crippen LogP contribution in [0.5, 0.6) is 17.2 Å². The summed E-state index contributed by atoms with van der Waals surface area (Å²) in [6.07, 6.45) is 0.419. The third-order valence-electron chi connectivity index (χ3n) is 4.54. The quantitative estimate of drug-likeness (QED) is 0.557. The first-order valence-electron chi connectivity index (χ1n) is 10.3. The molecule has 1 amide bonds. The number of aromatic nitrogens is 1. The summed E-state index contributed by atoms with van der Waals surface area (Å²) in [7, 11) is 0. The van der Waals surface area contributed by atoms with E-state index in [4.69, 9.17) is 14.2 Å². The Morgan fingerprint density at radius 2 is 1.77 bits per heavy atom. The van der Waals surface area contributed by atoms with Crippen molar-refractivity contribution >= 4 is 11.9 Å². The van der Waals surface area contributed by atoms with Crippen molar-refractivity contribution in [1.82, 2.24) is 10.3 Å². The summed E-state index contributed by atoms with van der Waals surface area (Å²) in [4.78, 5) is 29.0. The van der Waals surface area contributed by atoms with Crippen LogP contribution < -0.4 is 14.8 Å². The minimum Gasteiger partial charge on any atom is -0.503 e. The molecule has 2 aromatic rings. The third kappa shape index (κ3) is 6.60. The smallest absolute Gasteiger partial charge is 0.328 e. The summed E-state index contributed by atoms with van der Waals surface area (Å²) >= 11 is 0. The van der Waals surface area contributed by atoms with E-state index >= 15 is 0 Å². The minimum atomic E-state index is -0.963. The van der Waals surface area contributed by atoms with Crippen LogP contribution in [0.15, 0.2) is 42.6 Å². The number of carbonyl (C=O) groups is 2. The Kier molecular flexibility index (Phi) is 8.66. The summed E-state index contributed by atoms with van der Waals surface area (Å²) in [6.45, 7) is 9.26. The number of aromatic hydroxyl groups is 1. The molecule has 1 heterocycles. The highest BCUT2D eigenvalue weighted by Gasteiger charge is 2.30. The fourth-order valence-electron chi connectivity index (χ4n) is 2.99. The van der Waals surface area contributed by atoms with Crippen LogP contribution in [0.2, 0.25) is 0 Å². The van der Waals surface area contributed by atoms with Crippen molar-refractivity contribution in [2.75, 3.05) is 6.61 Å². The van der Waals surface area contributed by atoms with Gasteiger partial charge in [0.25, 0.3) is 5.91 Å². The number of carbonyl (C=O) groups excluding carboxylic acids is 2. The van der Waals surface area contributed by atoms with Crippen molar-refractivity contribution in [3.05, 3.63) is 48.3 Å². The van der Waals surface area contributed by atoms with Gasteiger partial charge in [-0.3, -0.25) is 4.79 Å². The number of nitrogens with zero attached hydrogens (tertiary/aromatic N) is 1. The van der Waals surface area contributed by atoms with Crippen molar-refractivity contribution in [2.45, 2.75) is 52.9 Å². The molecule has 2 N–H and O–H groups in total. The average Bonchev–Trinajstić information content (AvgIpc) is 2.73. The Hall–Kier alpha value is -3.29. The van der Waals surface area contributed by atoms with Gasteiger partial charge < -0.3 is 24.6 Å². The number of hydrogen-bond donors (Lipinski definition) is 2. The number of hydrogen-bond acceptors (Lipinski definition) is 7. The molecule has 8 nitrogen and oxygen atoms in total. The SMILES string of the molecule is CCOc1ccnc(C(=O)N[C@@H](C)C(=O)O[C@H](C(C)C)[C@H](C)Oc2ccccc2)c1O. The lowest BCUT2D eigenvalue weighted by atomic mass is 10.0. The molecule has 8 heteroatoms. The third-order valence-corrected chi connectivity index (χ3v) is 4.54. The highest BCUT2D eigenvalue weighted by Crippen LogP contribution is 2.28. The molecular formula is C23H30N2O6. The Morgan fingerprint density at radius 3 is 2.39 bits per heavy atom. The first-order chi connectivity index (χ1) is 14.7. The van der Waals surface area contributed by atoms with Gasteiger partial charge in [-0.2, -0.15) is 0 Å². The maximum atomic E-state index is 12.6. The Labute approximate surface area is 182 Å². The van der Waals surface area contributed by atoms with Crippen molar-refractivity contribution in [1.29, 1.82) is 0 Å². The van der Waals surface area contributed by atoms with E-state index in [1.165, 1.54) is 19.2 Å². The molecule has 1 aromatic heterocycles. The number of nitrogens with one attached hydrogen (secondary N) is 1. The highest BCUT2D eigenvalue weighted by atomic mass is 16.6. The molecule has 0 aliphatic carbocycles. The maximum Gasteiger partial charge on any atom is 0.328 e. The molecule has 3 atom stereocenters. The molecule has 0 bridgehead atoms. The van der Waals surface area contributed by atoms with Crippen LogP contribution in [0.1, 0.15) is 45.1 Å². The van der Waals surface area contributed by atoms with Crippen molar-refractivity contribution in [3.8, 4) is 17.2 Å². The summed E-state index contributed by atoms with van der Waals surface area (Å²) < 4.78 is 16.8. The van der Waals surface area contributed by atoms with Gasteiger partial charge in [-0.15, -0.1) is 0 Å². The van der Waals surface area contributed by atoms with Gasteiger partial charge in [-0.1, -0.05) is 32.0 Å². The molecule has 0 saturated carbocycles. The predicted molar refractivity (Wildman–Crippen MR) is 115 cm³/mol. The van der Waals surface area contributed by atoms with Crippen LogP contribution >= 0.6 is 0 Å². The molecular weight excluding hydrogens is 400 g/mol. The van der Waals surface area contributed by atoms with Gasteiger partial charge in [0.1, 0.15) is 24.0 Å². The van der Waals surface area contributed by atoms with Crippen molar-refractivity contribution in [3.63, 3.8) is 0 Å². The van der Waals surface area contributed by atoms with Crippen LogP contribution in [0.3, 0.4) is 0 Å². The zero-order chi connectivity index (χ0) is 23.0. The van der Waals surface area contributed by atoms with Crippen LogP contribution in [-0.2, 0) is 9.53 Å². The van der Waals surface area contributed by atoms with Crippen LogP contribution in [0.4, 0.5) is 0 Å². The van der Waals surface area contributed by atoms with E-state index in [2.05, 4.69) is 10.3 Å². The van der Waals surface area contributed by atoms with Crippen molar-refractivity contribution in [2.24, 2.45) is 5.92 Å². The molecule has 31 heavy (non-hydrogen) atoms. The lowest BCUT2D eigenvalue weighted by Gasteiger charge is -2.29. The number of rotatable bonds is 10. The second-order valence-corrected chi connectivity index (χ2v) is 7.42. The molecule has 0 radical (unpaired) electrons. The fraction of sp³-hybridized carbons (Fsp3) is 0.435. The largest absolute Gasteiger partial charge is 0.503 e. The minimum absolute atomic E-state index is 0.0147. The van der Waals surface area contributed by atoms with Crippen LogP contribution in [0, 0.1) is 5.92 Å². The second kappa shape index (κ2) is 11.2. The summed E-state index contributed by atoms with van der Waals surface area (Å²) in [5.74, 6) is -0.904. The molecule has 0 saturated heterocycles. The molecule has 0 aliphatic heterocycles. The van der Waals surface area contributed by atoms with Crippen LogP contribution in [0.25, 0.3) is 0 Å². The standard InChI is InChI=1S/C23H30N2O6/c1-6-29-18-12-13-24-19(20(18)26)22(27)25-15(4)23(28)31-21(14(2)3)16(5)30-17-10-8-7-9-11-17/h7-16,21,26H,6H2,1-5H3,(H,25,27)/t15-,16-,21+/m0/s1. The van der Waals surface area contributed by atoms with Gasteiger partial charge in [0, 0.05) is 12.3 Å². The van der Waals surface area contributed by atoms with E-state index in [0.29, 0.717) is 12.4 Å². The number of ether oxygens (including phenoxy) is 3. The topological polar surface area (TPSA) is 107 Å². The Morgan fingerprint density at radius 1 is 1.10 bits per heavy atom. The summed E-state index contributed by atoms with van der Waals surface area (Å²) in [5, 5.41) is 12.7. The first kappa shape index (κ1) is 24.0. The molecule has 0 spiro atoms. The molecule has 168 valence electrons. The summed E-state index contributed by atoms with van der Waals surface area (Å²) in [6, 6.07) is 9.76. The Balaban J connectivity index is 2.02. The number of para-hydroxylation sites is 1. The Bertz CT molecular complexity index is 872. The number of amides is 1. The van der Waals surface area contributed by atoms with Crippen molar-refractivity contribution < 1.29 is 28.9 Å². The lowest BCUT2D eigenvalue weighted by Crippen LogP contribution is -2.45. The van der Waals surface area contributed by atoms with E-state index in [9.17, 15) is 14.7 Å². The molecule has 0 unspecified atom stereocenters. The molecule has 2 rings (SSSR count). The zero-order valence-electron chi connectivity index (χ0n) is 18.5. The van der Waals surface area contributed by atoms with E-state index in [-0.39, 0.29) is 23.1 Å². The van der Waals surface area contributed by atoms with Gasteiger partial charge in [0.2, 0.25) is 0 Å². The number of benzene rings is 1. The van der Waals surface area contributed by atoms with E-state index < -0.39 is 30.1 Å². The zero-order valence-corrected chi connectivity index (χ0v) is 18.5. The lowest BCUT2D eigenvalue weighted by molar-refractivity contribution is -0.158. The predicted octanol–water partition coefficient (Wildman–Crippen LogP) is 3.34. The maximum absolute atomic E-state index is 12.6. The fourth-order valence-corrected chi connectivity index (χ4v) is 2.99. The number of pyridine rings is 1. The van der Waals surface area contributed by atoms with Gasteiger partial charge in [-0.25, -0.2) is 9.78 Å². The van der Waals surface area contributed by atoms with Gasteiger partial charge in [-0.05, 0) is 38.8 Å². The van der Waals surface area contributed by atoms with E-state index in [0.717, 1.165) is 0 Å². The first-order valence-corrected chi connectivity index (χ1v) is 10.3. The van der Waals surface area contributed by atoms with Crippen LogP contribution in [-0.4, -0.2) is 46.8 Å². The highest BCUT2D eigenvalue weighted by molar-refractivity contribution is 5.97. The van der Waals surface area contributed by atoms with E-state index in [1.807, 2.05) is 51.1 Å². The monoisotopic (exact) mass is 430 g/mol. The average molecular weight is 431 g/mol. The van der Waals surface area contributed by atoms with Gasteiger partial charge in [0.05, 0.1) is 6.61 Å².